The first-order valence-electron chi connectivity index (χ1n) is 9.06. The van der Waals surface area contributed by atoms with Crippen LogP contribution in [0, 0.1) is 5.92 Å². The van der Waals surface area contributed by atoms with E-state index in [-0.39, 0.29) is 64.9 Å². The third-order valence-electron chi connectivity index (χ3n) is 5.12. The average molecular weight is 493 g/mol. The Morgan fingerprint density at radius 3 is 2.84 bits per heavy atom. The van der Waals surface area contributed by atoms with E-state index in [4.69, 9.17) is 15.3 Å². The number of aliphatic carboxylic acids is 1. The number of ether oxygens (including phenoxy) is 1. The maximum Gasteiger partial charge on any atom is 1.00 e. The van der Waals surface area contributed by atoms with Crippen LogP contribution in [0.25, 0.3) is 0 Å². The van der Waals surface area contributed by atoms with E-state index in [1.165, 1.54) is 5.38 Å². The first-order chi connectivity index (χ1) is 14.7. The second-order valence-electron chi connectivity index (χ2n) is 6.89. The summed E-state index contributed by atoms with van der Waals surface area (Å²) in [5.74, 6) is -5.55. The number of nitrogens with two attached hydrogens (primary N) is 1. The smallest absolute Gasteiger partial charge is 0.544 e. The molecule has 3 saturated heterocycles. The quantitative estimate of drug-likeness (QED) is 0.127. The Labute approximate surface area is 209 Å². The van der Waals surface area contributed by atoms with Crippen LogP contribution in [0.2, 0.25) is 0 Å². The number of anilines is 1. The Morgan fingerprint density at radius 2 is 2.25 bits per heavy atom. The molecule has 3 N–H and O–H groups in total. The van der Waals surface area contributed by atoms with Gasteiger partial charge in [0, 0.05) is 27.9 Å². The molecule has 0 spiro atoms. The Morgan fingerprint density at radius 1 is 1.53 bits per heavy atom. The zero-order valence-corrected chi connectivity index (χ0v) is 20.6. The number of hydrogen-bond donors (Lipinski definition) is 2. The van der Waals surface area contributed by atoms with Crippen LogP contribution in [0.15, 0.2) is 10.5 Å². The minimum absolute atomic E-state index is 0. The van der Waals surface area contributed by atoms with Crippen molar-refractivity contribution in [3.05, 3.63) is 11.1 Å². The fourth-order valence-electron chi connectivity index (χ4n) is 3.82. The Balaban J connectivity index is 0.00000289. The number of carboxylic acid groups (broad SMARTS) is 1. The van der Waals surface area contributed by atoms with E-state index in [1.807, 2.05) is 0 Å². The molecule has 4 rings (SSSR count). The van der Waals surface area contributed by atoms with Crippen molar-refractivity contribution in [3.63, 3.8) is 0 Å². The second-order valence-corrected chi connectivity index (χ2v) is 9.35. The summed E-state index contributed by atoms with van der Waals surface area (Å²) >= 11 is 1.06. The topological polar surface area (TPSA) is 193 Å². The van der Waals surface area contributed by atoms with Crippen LogP contribution in [-0.4, -0.2) is 73.1 Å². The molecular weight excluding hydrogens is 477 g/mol. The summed E-state index contributed by atoms with van der Waals surface area (Å²) < 4.78 is 17.7. The van der Waals surface area contributed by atoms with Gasteiger partial charge in [0.05, 0.1) is 6.42 Å². The zero-order valence-electron chi connectivity index (χ0n) is 16.9. The molecule has 3 fully saturated rings. The molecule has 13 nitrogen and oxygen atoms in total. The van der Waals surface area contributed by atoms with Crippen LogP contribution in [0.1, 0.15) is 19.0 Å². The van der Waals surface area contributed by atoms with E-state index in [2.05, 4.69) is 15.5 Å². The fourth-order valence-corrected chi connectivity index (χ4v) is 6.29. The van der Waals surface area contributed by atoms with Gasteiger partial charge in [0.2, 0.25) is 5.72 Å². The second kappa shape index (κ2) is 9.05. The SMILES string of the molecule is CCO/N=C(\C(=O)N[C@@H]1C(=O)N2[C@@H]1[S@@](=O)C[C@@H]1CC(=O)O[C@@]12C(=O)[O-])c1csc(N)n1.[Na+]. The molecule has 0 aliphatic carbocycles. The first kappa shape index (κ1) is 24.6. The number of aromatic nitrogens is 1. The van der Waals surface area contributed by atoms with Gasteiger partial charge in [0.15, 0.2) is 10.8 Å². The fraction of sp³-hybridized carbons (Fsp3) is 0.500. The number of carbonyl (C=O) groups is 4. The van der Waals surface area contributed by atoms with Crippen LogP contribution in [0.3, 0.4) is 0 Å². The van der Waals surface area contributed by atoms with Crippen molar-refractivity contribution in [3.8, 4) is 0 Å². The van der Waals surface area contributed by atoms with Gasteiger partial charge in [-0.15, -0.1) is 11.3 Å². The first-order valence-corrected chi connectivity index (χ1v) is 11.3. The van der Waals surface area contributed by atoms with Crippen LogP contribution in [0.5, 0.6) is 0 Å². The molecule has 0 bridgehead atoms. The van der Waals surface area contributed by atoms with Crippen molar-refractivity contribution in [2.45, 2.75) is 30.5 Å². The molecule has 0 saturated carbocycles. The van der Waals surface area contributed by atoms with Crippen molar-refractivity contribution < 1.29 is 67.6 Å². The summed E-state index contributed by atoms with van der Waals surface area (Å²) in [5.41, 5.74) is 3.10. The molecule has 16 heteroatoms. The van der Waals surface area contributed by atoms with E-state index in [1.54, 1.807) is 6.92 Å². The van der Waals surface area contributed by atoms with E-state index in [0.717, 1.165) is 16.2 Å². The van der Waals surface area contributed by atoms with Crippen LogP contribution >= 0.6 is 11.3 Å². The van der Waals surface area contributed by atoms with Crippen LogP contribution in [0.4, 0.5) is 5.13 Å². The summed E-state index contributed by atoms with van der Waals surface area (Å²) in [6.07, 6.45) is -0.302. The van der Waals surface area contributed by atoms with Crippen molar-refractivity contribution in [2.75, 3.05) is 18.1 Å². The van der Waals surface area contributed by atoms with Gasteiger partial charge in [-0.05, 0) is 6.92 Å². The number of carboxylic acids is 1. The van der Waals surface area contributed by atoms with Crippen molar-refractivity contribution in [1.82, 2.24) is 15.2 Å². The number of hydrogen-bond acceptors (Lipinski definition) is 12. The van der Waals surface area contributed by atoms with Gasteiger partial charge in [0.25, 0.3) is 11.8 Å². The van der Waals surface area contributed by atoms with E-state index in [0.29, 0.717) is 0 Å². The maximum atomic E-state index is 12.8. The van der Waals surface area contributed by atoms with Crippen LogP contribution in [-0.2, 0) is 39.6 Å². The summed E-state index contributed by atoms with van der Waals surface area (Å²) in [6, 6.07) is -1.33. The third-order valence-corrected chi connectivity index (χ3v) is 7.54. The predicted octanol–water partition coefficient (Wildman–Crippen LogP) is -6.11. The zero-order chi connectivity index (χ0) is 22.5. The van der Waals surface area contributed by atoms with Crippen LogP contribution < -0.4 is 45.7 Å². The third kappa shape index (κ3) is 3.71. The molecule has 166 valence electrons. The monoisotopic (exact) mass is 493 g/mol. The van der Waals surface area contributed by atoms with Gasteiger partial charge in [-0.3, -0.25) is 23.5 Å². The molecular formula is C16H16N5NaO8S2. The summed E-state index contributed by atoms with van der Waals surface area (Å²) in [5, 5.41) is 18.4. The number of amides is 2. The Kier molecular flexibility index (Phi) is 6.95. The van der Waals surface area contributed by atoms with Gasteiger partial charge >= 0.3 is 35.5 Å². The minimum Gasteiger partial charge on any atom is -0.544 e. The van der Waals surface area contributed by atoms with E-state index < -0.39 is 57.6 Å². The number of rotatable bonds is 6. The van der Waals surface area contributed by atoms with E-state index in [9.17, 15) is 28.5 Å². The number of nitrogen functional groups attached to an aromatic ring is 1. The number of β-lactam (4-membered cyclic amide) rings is 1. The molecule has 5 atom stereocenters. The molecule has 1 aromatic rings. The summed E-state index contributed by atoms with van der Waals surface area (Å²) in [7, 11) is -1.76. The summed E-state index contributed by atoms with van der Waals surface area (Å²) in [4.78, 5) is 58.8. The molecule has 0 radical (unpaired) electrons. The summed E-state index contributed by atoms with van der Waals surface area (Å²) in [6.45, 7) is 1.80. The number of oxime groups is 1. The molecule has 1 aromatic heterocycles. The van der Waals surface area contributed by atoms with Gasteiger partial charge in [-0.1, -0.05) is 5.16 Å². The standard InChI is InChI=1S/C16H17N5O8S2.Na/c1-2-28-20-9(7-4-30-15(17)18-7)11(23)19-10-12(24)21-13(10)31(27)5-6-3-8(22)29-16(6,21)14(25)26;/h4,6,10,13H,2-3,5H2,1H3,(H2,17,18)(H,19,23)(H,25,26);/q;+1/p-1/b20-9-;/t6-,10+,13+,16+,31-;/m0./s1. The largest absolute Gasteiger partial charge is 1.00 e. The maximum absolute atomic E-state index is 12.8. The van der Waals surface area contributed by atoms with Gasteiger partial charge in [-0.25, -0.2) is 4.98 Å². The number of esters is 1. The van der Waals surface area contributed by atoms with Gasteiger partial charge in [0.1, 0.15) is 29.7 Å². The van der Waals surface area contributed by atoms with E-state index >= 15 is 0 Å². The number of nitrogens with one attached hydrogen (secondary N) is 1. The molecule has 0 unspecified atom stereocenters. The van der Waals surface area contributed by atoms with Crippen molar-refractivity contribution in [1.29, 1.82) is 0 Å². The molecule has 3 aliphatic heterocycles. The predicted molar refractivity (Wildman–Crippen MR) is 102 cm³/mol. The number of fused-ring (bicyclic) bond motifs is 3. The number of thiazole rings is 1. The number of nitrogens with zero attached hydrogens (tertiary/aromatic N) is 3. The minimum atomic E-state index is -2.33. The van der Waals surface area contributed by atoms with Crippen molar-refractivity contribution in [2.24, 2.45) is 11.1 Å². The van der Waals surface area contributed by atoms with Gasteiger partial charge in [-0.2, -0.15) is 0 Å². The Hall–Kier alpha value is -2.07. The average Bonchev–Trinajstić information content (AvgIpc) is 3.27. The molecule has 3 aliphatic rings. The molecule has 32 heavy (non-hydrogen) atoms. The molecule has 4 heterocycles. The molecule has 0 aromatic carbocycles. The Bertz CT molecular complexity index is 1050. The van der Waals surface area contributed by atoms with Gasteiger partial charge < -0.3 is 30.5 Å². The normalized spacial score (nSPS) is 30.9. The van der Waals surface area contributed by atoms with Crippen molar-refractivity contribution >= 4 is 56.7 Å². The number of carbonyl (C=O) groups excluding carboxylic acids is 4. The molecule has 2 amide bonds.